The van der Waals surface area contributed by atoms with E-state index in [1.165, 1.54) is 44.5 Å². The molecule has 0 amide bonds. The second-order valence-electron chi connectivity index (χ2n) is 10.2. The number of carboxylic acids is 2. The normalized spacial score (nSPS) is 10.7. The molecule has 0 atom stereocenters. The van der Waals surface area contributed by atoms with Crippen molar-refractivity contribution >= 4 is 40.4 Å². The molecule has 0 fully saturated rings. The van der Waals surface area contributed by atoms with Gasteiger partial charge < -0.3 is 15.7 Å². The van der Waals surface area contributed by atoms with Gasteiger partial charge in [-0.05, 0) is 58.6 Å². The number of Topliss-reactive ketones (excluding diaryl/α,β-unsaturated/α-hetero) is 1. The first kappa shape index (κ1) is 36.7. The average molecular weight is 568 g/mol. The van der Waals surface area contributed by atoms with Crippen LogP contribution in [-0.2, 0) is 6.42 Å². The van der Waals surface area contributed by atoms with E-state index in [0.717, 1.165) is 10.4 Å². The van der Waals surface area contributed by atoms with Gasteiger partial charge in [0.05, 0.1) is 4.88 Å². The van der Waals surface area contributed by atoms with Crippen LogP contribution in [0.4, 0.5) is 0 Å². The van der Waals surface area contributed by atoms with Crippen LogP contribution in [0.2, 0.25) is 0 Å². The number of ketones is 1. The number of carboxylic acid groups (broad SMARTS) is 2. The summed E-state index contributed by atoms with van der Waals surface area (Å²) >= 11 is 2.97. The molecule has 3 aromatic rings. The van der Waals surface area contributed by atoms with Crippen molar-refractivity contribution < 1.29 is 48.9 Å². The van der Waals surface area contributed by atoms with Gasteiger partial charge in [-0.2, -0.15) is 0 Å². The number of hydrogen-bond acceptors (Lipinski definition) is 7. The molecule has 7 nitrogen and oxygen atoms in total. The summed E-state index contributed by atoms with van der Waals surface area (Å²) in [5.41, 5.74) is 3.14. The maximum absolute atomic E-state index is 12.5. The summed E-state index contributed by atoms with van der Waals surface area (Å²) in [5, 5.41) is 17.7. The molecule has 0 bridgehead atoms. The van der Waals surface area contributed by atoms with Crippen molar-refractivity contribution in [2.75, 3.05) is 0 Å². The first-order valence-electron chi connectivity index (χ1n) is 12.4. The zero-order valence-electron chi connectivity index (χ0n) is 24.2. The number of carbonyl (C=O) groups is 3. The minimum atomic E-state index is -1.07. The Morgan fingerprint density at radius 2 is 1.21 bits per heavy atom. The molecule has 3 aromatic heterocycles. The summed E-state index contributed by atoms with van der Waals surface area (Å²) in [6, 6.07) is 6.90. The molecular formula is C29H38LiNO6S2. The van der Waals surface area contributed by atoms with Gasteiger partial charge in [0.2, 0.25) is 0 Å². The molecular weight excluding hydrogens is 529 g/mol. The van der Waals surface area contributed by atoms with Crippen LogP contribution in [-0.4, -0.2) is 38.4 Å². The quantitative estimate of drug-likeness (QED) is 0.273. The van der Waals surface area contributed by atoms with Crippen molar-refractivity contribution in [2.24, 2.45) is 0 Å². The molecule has 0 aromatic carbocycles. The molecule has 0 spiro atoms. The Morgan fingerprint density at radius 3 is 1.54 bits per heavy atom. The van der Waals surface area contributed by atoms with E-state index in [1.807, 2.05) is 12.1 Å². The van der Waals surface area contributed by atoms with Gasteiger partial charge in [-0.25, -0.2) is 14.6 Å². The molecule has 0 aliphatic carbocycles. The average Bonchev–Trinajstić information content (AvgIpc) is 3.46. The Labute approximate surface area is 251 Å². The minimum absolute atomic E-state index is 0. The van der Waals surface area contributed by atoms with Crippen molar-refractivity contribution in [2.45, 2.75) is 85.5 Å². The van der Waals surface area contributed by atoms with Crippen LogP contribution in [0, 0.1) is 0 Å². The molecule has 0 radical (unpaired) electrons. The van der Waals surface area contributed by atoms with Crippen LogP contribution in [0.25, 0.3) is 0 Å². The van der Waals surface area contributed by atoms with E-state index in [-0.39, 0.29) is 42.2 Å². The number of carbonyl (C=O) groups excluding carboxylic acids is 1. The number of aromatic carboxylic acids is 2. The van der Waals surface area contributed by atoms with Crippen LogP contribution in [0.3, 0.4) is 0 Å². The molecule has 0 unspecified atom stereocenters. The van der Waals surface area contributed by atoms with Gasteiger partial charge in [0.15, 0.2) is 5.78 Å². The number of nitrogens with zero attached hydrogens (tertiary/aromatic N) is 1. The van der Waals surface area contributed by atoms with Gasteiger partial charge in [0.25, 0.3) is 0 Å². The molecule has 39 heavy (non-hydrogen) atoms. The number of rotatable bonds is 9. The van der Waals surface area contributed by atoms with E-state index in [9.17, 15) is 14.4 Å². The molecule has 0 saturated carbocycles. The van der Waals surface area contributed by atoms with E-state index in [0.29, 0.717) is 28.5 Å². The number of pyridine rings is 1. The standard InChI is InChI=1S/C18H21NO3S.C11H16O2S.Li.H2O/c1-10(2)13-8-16(23-17(13)11(3)4)15(20)7-12-5-6-14(18(21)22)19-9-12;1-6(2)8-5-9(11(12)13)14-10(8)7(3)4;;/h5-6,8-11H,7H2,1-4H3,(H,21,22);5-7H,1-4H3,(H,12,13);;1H2/q;;+1;/p-1. The van der Waals surface area contributed by atoms with Gasteiger partial charge >= 0.3 is 30.8 Å². The molecule has 0 saturated heterocycles. The monoisotopic (exact) mass is 567 g/mol. The molecule has 3 rings (SSSR count). The van der Waals surface area contributed by atoms with Crippen LogP contribution in [0.15, 0.2) is 30.5 Å². The summed E-state index contributed by atoms with van der Waals surface area (Å²) in [6.07, 6.45) is 1.70. The van der Waals surface area contributed by atoms with E-state index in [4.69, 9.17) is 10.2 Å². The van der Waals surface area contributed by atoms with Gasteiger partial charge in [-0.15, -0.1) is 22.7 Å². The van der Waals surface area contributed by atoms with E-state index in [2.05, 4.69) is 60.4 Å². The first-order chi connectivity index (χ1) is 17.2. The summed E-state index contributed by atoms with van der Waals surface area (Å²) in [7, 11) is 0. The van der Waals surface area contributed by atoms with Crippen molar-refractivity contribution in [1.82, 2.24) is 4.98 Å². The zero-order chi connectivity index (χ0) is 28.0. The summed E-state index contributed by atoms with van der Waals surface area (Å²) in [5.74, 6) is -0.235. The fourth-order valence-corrected chi connectivity index (χ4v) is 6.23. The predicted molar refractivity (Wildman–Crippen MR) is 153 cm³/mol. The van der Waals surface area contributed by atoms with Gasteiger partial charge in [-0.3, -0.25) is 4.79 Å². The van der Waals surface area contributed by atoms with Crippen LogP contribution in [0.1, 0.15) is 135 Å². The van der Waals surface area contributed by atoms with Crippen LogP contribution >= 0.6 is 22.7 Å². The van der Waals surface area contributed by atoms with Crippen molar-refractivity contribution in [3.8, 4) is 0 Å². The smallest absolute Gasteiger partial charge is 0.870 e. The van der Waals surface area contributed by atoms with Crippen molar-refractivity contribution in [1.29, 1.82) is 0 Å². The Hall–Kier alpha value is -2.28. The van der Waals surface area contributed by atoms with Crippen molar-refractivity contribution in [3.63, 3.8) is 0 Å². The summed E-state index contributed by atoms with van der Waals surface area (Å²) < 4.78 is 0. The van der Waals surface area contributed by atoms with Crippen molar-refractivity contribution in [3.05, 3.63) is 72.4 Å². The fourth-order valence-electron chi connectivity index (χ4n) is 3.81. The van der Waals surface area contributed by atoms with E-state index in [1.54, 1.807) is 17.4 Å². The Bertz CT molecular complexity index is 1190. The van der Waals surface area contributed by atoms with Crippen LogP contribution in [0.5, 0.6) is 0 Å². The number of aromatic nitrogens is 1. The molecule has 3 heterocycles. The third-order valence-electron chi connectivity index (χ3n) is 5.77. The molecule has 0 aliphatic heterocycles. The topological polar surface area (TPSA) is 135 Å². The zero-order valence-corrected chi connectivity index (χ0v) is 25.9. The summed E-state index contributed by atoms with van der Waals surface area (Å²) in [4.78, 5) is 41.7. The molecule has 10 heteroatoms. The van der Waals surface area contributed by atoms with Gasteiger partial charge in [-0.1, -0.05) is 61.5 Å². The number of thiophene rings is 2. The Morgan fingerprint density at radius 1 is 0.744 bits per heavy atom. The molecule has 0 aliphatic rings. The first-order valence-corrected chi connectivity index (χ1v) is 14.1. The van der Waals surface area contributed by atoms with Gasteiger partial charge in [0.1, 0.15) is 10.6 Å². The van der Waals surface area contributed by atoms with E-state index < -0.39 is 11.9 Å². The second-order valence-corrected chi connectivity index (χ2v) is 12.4. The third-order valence-corrected chi connectivity index (χ3v) is 8.70. The molecule has 3 N–H and O–H groups in total. The predicted octanol–water partition coefficient (Wildman–Crippen LogP) is 5.03. The maximum atomic E-state index is 12.5. The van der Waals surface area contributed by atoms with Gasteiger partial charge in [0, 0.05) is 22.4 Å². The van der Waals surface area contributed by atoms with Crippen LogP contribution < -0.4 is 18.9 Å². The second kappa shape index (κ2) is 16.1. The number of hydrogen-bond donors (Lipinski definition) is 2. The minimum Gasteiger partial charge on any atom is -0.870 e. The molecule has 208 valence electrons. The largest absolute Gasteiger partial charge is 1.00 e. The Kier molecular flexibility index (Phi) is 15.2. The SMILES string of the molecule is CC(C)c1cc(C(=O)Cc2ccc(C(=O)O)nc2)sc1C(C)C.CC(C)c1cc(C(=O)O)sc1C(C)C.[Li+].[OH-]. The summed E-state index contributed by atoms with van der Waals surface area (Å²) in [6.45, 7) is 16.9. The third kappa shape index (κ3) is 10.0. The van der Waals surface area contributed by atoms with E-state index >= 15 is 0 Å². The fraction of sp³-hybridized carbons (Fsp3) is 0.448. The Balaban J connectivity index is 0.000000783. The maximum Gasteiger partial charge on any atom is 1.00 e.